The minimum atomic E-state index is -0.0926. The number of nitrogens with one attached hydrogen (secondary N) is 1. The van der Waals surface area contributed by atoms with Crippen LogP contribution in [0.2, 0.25) is 0 Å². The van der Waals surface area contributed by atoms with Crippen molar-refractivity contribution in [3.8, 4) is 0 Å². The zero-order valence-corrected chi connectivity index (χ0v) is 9.77. The molecular weight excluding hydrogens is 253 g/mol. The Kier molecular flexibility index (Phi) is 6.37. The fraction of sp³-hybridized carbons (Fsp3) is 0.875. The molecule has 0 aromatic heterocycles. The van der Waals surface area contributed by atoms with Gasteiger partial charge in [-0.05, 0) is 12.8 Å². The van der Waals surface area contributed by atoms with E-state index in [0.717, 1.165) is 19.4 Å². The minimum absolute atomic E-state index is 0.0644. The fourth-order valence-corrected chi connectivity index (χ4v) is 2.20. The molecule has 0 atom stereocenters. The standard InChI is InChI=1S/C8H18INO/c1-5-8(6-2,9-4)11-10-7-3/h10H,4-7H2,1-3H3. The molecule has 0 aliphatic heterocycles. The van der Waals surface area contributed by atoms with Gasteiger partial charge in [-0.2, -0.15) is 0 Å². The number of halogens is 1. The molecule has 68 valence electrons. The predicted molar refractivity (Wildman–Crippen MR) is 59.2 cm³/mol. The van der Waals surface area contributed by atoms with E-state index in [-0.39, 0.29) is 24.3 Å². The minimum Gasteiger partial charge on any atom is -0.285 e. The third-order valence-corrected chi connectivity index (χ3v) is 4.83. The number of alkyl halides is 1. The normalized spacial score (nSPS) is 11.9. The summed E-state index contributed by atoms with van der Waals surface area (Å²) >= 11 is -0.0926. The molecule has 0 bridgehead atoms. The first-order valence-electron chi connectivity index (χ1n) is 4.05. The van der Waals surface area contributed by atoms with Crippen molar-refractivity contribution in [2.45, 2.75) is 37.2 Å². The van der Waals surface area contributed by atoms with E-state index in [1.165, 1.54) is 0 Å². The van der Waals surface area contributed by atoms with Crippen molar-refractivity contribution in [1.29, 1.82) is 0 Å². The second kappa shape index (κ2) is 6.08. The van der Waals surface area contributed by atoms with Crippen LogP contribution in [0.4, 0.5) is 0 Å². The first-order valence-corrected chi connectivity index (χ1v) is 6.65. The van der Waals surface area contributed by atoms with Crippen LogP contribution in [-0.4, -0.2) is 14.7 Å². The van der Waals surface area contributed by atoms with E-state index in [0.29, 0.717) is 0 Å². The summed E-state index contributed by atoms with van der Waals surface area (Å²) in [5.41, 5.74) is 2.93. The Morgan fingerprint density at radius 2 is 1.91 bits per heavy atom. The van der Waals surface area contributed by atoms with E-state index in [1.54, 1.807) is 0 Å². The van der Waals surface area contributed by atoms with Crippen molar-refractivity contribution in [3.05, 3.63) is 0 Å². The summed E-state index contributed by atoms with van der Waals surface area (Å²) < 4.78 is 4.06. The maximum atomic E-state index is 5.56. The van der Waals surface area contributed by atoms with Crippen LogP contribution in [0.25, 0.3) is 0 Å². The molecule has 0 amide bonds. The molecule has 0 fully saturated rings. The van der Waals surface area contributed by atoms with Crippen LogP contribution in [0.3, 0.4) is 0 Å². The molecule has 0 aliphatic carbocycles. The number of hydrogen-bond donors (Lipinski definition) is 1. The van der Waals surface area contributed by atoms with Crippen molar-refractivity contribution in [2.24, 2.45) is 0 Å². The Morgan fingerprint density at radius 1 is 1.36 bits per heavy atom. The van der Waals surface area contributed by atoms with Gasteiger partial charge in [0.2, 0.25) is 0 Å². The highest BCUT2D eigenvalue weighted by Crippen LogP contribution is 2.31. The lowest BCUT2D eigenvalue weighted by Gasteiger charge is -2.26. The van der Waals surface area contributed by atoms with Crippen molar-refractivity contribution in [2.75, 3.05) is 6.54 Å². The average Bonchev–Trinajstić information content (AvgIpc) is 2.08. The van der Waals surface area contributed by atoms with Gasteiger partial charge in [-0.1, -0.05) is 46.0 Å². The summed E-state index contributed by atoms with van der Waals surface area (Å²) in [6.07, 6.45) is 2.13. The lowest BCUT2D eigenvalue weighted by Crippen LogP contribution is -2.31. The maximum Gasteiger partial charge on any atom is 0.134 e. The van der Waals surface area contributed by atoms with Crippen LogP contribution < -0.4 is 5.48 Å². The molecule has 0 saturated carbocycles. The molecule has 0 heterocycles. The van der Waals surface area contributed by atoms with Gasteiger partial charge < -0.3 is 0 Å². The zero-order valence-electron chi connectivity index (χ0n) is 7.61. The van der Waals surface area contributed by atoms with Crippen LogP contribution in [0.1, 0.15) is 33.6 Å². The second-order valence-electron chi connectivity index (χ2n) is 2.32. The first kappa shape index (κ1) is 11.5. The van der Waals surface area contributed by atoms with Gasteiger partial charge >= 0.3 is 0 Å². The number of hydrogen-bond acceptors (Lipinski definition) is 2. The Bertz CT molecular complexity index is 113. The van der Waals surface area contributed by atoms with Crippen LogP contribution in [0.15, 0.2) is 0 Å². The van der Waals surface area contributed by atoms with Gasteiger partial charge in [-0.25, -0.2) is 5.48 Å². The van der Waals surface area contributed by atoms with Gasteiger partial charge in [-0.3, -0.25) is 4.84 Å². The summed E-state index contributed by atoms with van der Waals surface area (Å²) in [6.45, 7) is 7.22. The molecule has 0 saturated heterocycles. The SMILES string of the molecule is C=IC(CC)(CC)ONCC. The van der Waals surface area contributed by atoms with E-state index in [4.69, 9.17) is 4.84 Å². The van der Waals surface area contributed by atoms with Crippen molar-refractivity contribution in [3.63, 3.8) is 0 Å². The van der Waals surface area contributed by atoms with Crippen molar-refractivity contribution in [1.82, 2.24) is 5.48 Å². The van der Waals surface area contributed by atoms with Gasteiger partial charge in [0.15, 0.2) is 0 Å². The van der Waals surface area contributed by atoms with E-state index >= 15 is 0 Å². The van der Waals surface area contributed by atoms with Crippen LogP contribution >= 0.6 is 20.7 Å². The largest absolute Gasteiger partial charge is 0.285 e. The Labute approximate surface area is 79.4 Å². The Morgan fingerprint density at radius 3 is 2.18 bits per heavy atom. The summed E-state index contributed by atoms with van der Waals surface area (Å²) in [7, 11) is 0. The molecule has 0 unspecified atom stereocenters. The first-order chi connectivity index (χ1) is 5.24. The zero-order chi connectivity index (χ0) is 8.74. The topological polar surface area (TPSA) is 21.3 Å². The fourth-order valence-electron chi connectivity index (χ4n) is 0.812. The summed E-state index contributed by atoms with van der Waals surface area (Å²) in [5, 5.41) is 0. The maximum absolute atomic E-state index is 5.56. The lowest BCUT2D eigenvalue weighted by molar-refractivity contribution is -0.0375. The quantitative estimate of drug-likeness (QED) is 0.455. The molecule has 2 nitrogen and oxygen atoms in total. The van der Waals surface area contributed by atoms with Gasteiger partial charge in [0.25, 0.3) is 0 Å². The molecule has 0 spiro atoms. The van der Waals surface area contributed by atoms with Gasteiger partial charge in [0, 0.05) is 6.54 Å². The summed E-state index contributed by atoms with van der Waals surface area (Å²) in [4.78, 5) is 5.56. The van der Waals surface area contributed by atoms with Gasteiger partial charge in [-0.15, -0.1) is 0 Å². The average molecular weight is 271 g/mol. The molecule has 0 aromatic carbocycles. The summed E-state index contributed by atoms with van der Waals surface area (Å²) in [5.74, 6) is 0. The third kappa shape index (κ3) is 3.62. The highest BCUT2D eigenvalue weighted by atomic mass is 127. The molecule has 0 aromatic rings. The van der Waals surface area contributed by atoms with E-state index in [1.807, 2.05) is 6.92 Å². The van der Waals surface area contributed by atoms with E-state index < -0.39 is 0 Å². The lowest BCUT2D eigenvalue weighted by atomic mass is 10.2. The molecule has 1 N–H and O–H groups in total. The monoisotopic (exact) mass is 271 g/mol. The van der Waals surface area contributed by atoms with Gasteiger partial charge in [0.05, 0.1) is 0 Å². The van der Waals surface area contributed by atoms with E-state index in [9.17, 15) is 0 Å². The highest BCUT2D eigenvalue weighted by molar-refractivity contribution is 14.2. The molecule has 3 heteroatoms. The smallest absolute Gasteiger partial charge is 0.134 e. The van der Waals surface area contributed by atoms with Crippen LogP contribution in [-0.2, 0) is 4.84 Å². The number of hydroxylamine groups is 1. The molecule has 11 heavy (non-hydrogen) atoms. The number of rotatable bonds is 6. The van der Waals surface area contributed by atoms with Crippen molar-refractivity contribution >= 4 is 25.2 Å². The Balaban J connectivity index is 3.94. The summed E-state index contributed by atoms with van der Waals surface area (Å²) in [6, 6.07) is 0. The molecule has 0 radical (unpaired) electrons. The van der Waals surface area contributed by atoms with Crippen LogP contribution in [0.5, 0.6) is 0 Å². The molecule has 0 aliphatic rings. The van der Waals surface area contributed by atoms with Crippen LogP contribution in [0, 0.1) is 0 Å². The highest BCUT2D eigenvalue weighted by Gasteiger charge is 2.23. The van der Waals surface area contributed by atoms with E-state index in [2.05, 4.69) is 23.8 Å². The molecule has 0 rings (SSSR count). The second-order valence-corrected chi connectivity index (χ2v) is 5.05. The van der Waals surface area contributed by atoms with Gasteiger partial charge in [0.1, 0.15) is 3.61 Å². The predicted octanol–water partition coefficient (Wildman–Crippen LogP) is 2.45. The Hall–Kier alpha value is 0.520. The van der Waals surface area contributed by atoms with Crippen molar-refractivity contribution < 1.29 is 4.84 Å². The third-order valence-electron chi connectivity index (χ3n) is 1.70. The molecular formula is C8H18INO.